The summed E-state index contributed by atoms with van der Waals surface area (Å²) in [6, 6.07) is 8.69. The molecule has 0 radical (unpaired) electrons. The normalized spacial score (nSPS) is 10.8. The van der Waals surface area contributed by atoms with E-state index in [0.717, 1.165) is 19.6 Å². The Morgan fingerprint density at radius 1 is 1.28 bits per heavy atom. The van der Waals surface area contributed by atoms with Gasteiger partial charge >= 0.3 is 0 Å². The minimum atomic E-state index is 0.843. The average molecular weight is 243 g/mol. The molecule has 0 saturated carbocycles. The molecule has 2 aromatic rings. The largest absolute Gasteiger partial charge is 0.313 e. The van der Waals surface area contributed by atoms with E-state index in [-0.39, 0.29) is 0 Å². The molecule has 0 spiro atoms. The number of nitrogens with one attached hydrogen (secondary N) is 1. The van der Waals surface area contributed by atoms with Gasteiger partial charge in [-0.1, -0.05) is 31.2 Å². The van der Waals surface area contributed by atoms with E-state index in [0.29, 0.717) is 0 Å². The van der Waals surface area contributed by atoms with Crippen LogP contribution in [-0.4, -0.2) is 16.3 Å². The van der Waals surface area contributed by atoms with E-state index < -0.39 is 0 Å². The van der Waals surface area contributed by atoms with Gasteiger partial charge in [0.1, 0.15) is 0 Å². The molecule has 0 bridgehead atoms. The van der Waals surface area contributed by atoms with Crippen LogP contribution in [-0.2, 0) is 13.1 Å². The summed E-state index contributed by atoms with van der Waals surface area (Å²) in [6.07, 6.45) is 5.14. The number of hydrogen-bond donors (Lipinski definition) is 1. The Morgan fingerprint density at radius 3 is 2.83 bits per heavy atom. The number of hydrogen-bond acceptors (Lipinski definition) is 2. The minimum Gasteiger partial charge on any atom is -0.313 e. The molecule has 1 heterocycles. The molecule has 1 N–H and O–H groups in total. The van der Waals surface area contributed by atoms with Crippen molar-refractivity contribution in [3.63, 3.8) is 0 Å². The Bertz CT molecular complexity index is 488. The van der Waals surface area contributed by atoms with Gasteiger partial charge in [0.15, 0.2) is 0 Å². The summed E-state index contributed by atoms with van der Waals surface area (Å²) < 4.78 is 1.98. The lowest BCUT2D eigenvalue weighted by Crippen LogP contribution is -2.14. The predicted octanol–water partition coefficient (Wildman–Crippen LogP) is 2.74. The summed E-state index contributed by atoms with van der Waals surface area (Å²) in [5.41, 5.74) is 3.84. The molecule has 1 aromatic carbocycles. The van der Waals surface area contributed by atoms with E-state index in [1.54, 1.807) is 0 Å². The van der Waals surface area contributed by atoms with Crippen LogP contribution in [0.4, 0.5) is 0 Å². The van der Waals surface area contributed by atoms with Gasteiger partial charge in [-0.25, -0.2) is 0 Å². The van der Waals surface area contributed by atoms with Crippen molar-refractivity contribution >= 4 is 0 Å². The van der Waals surface area contributed by atoms with Gasteiger partial charge < -0.3 is 5.32 Å². The topological polar surface area (TPSA) is 29.9 Å². The number of nitrogens with zero attached hydrogens (tertiary/aromatic N) is 2. The SMILES string of the molecule is CCCNCc1cccc(Cn2cc(C)cn2)c1. The van der Waals surface area contributed by atoms with Crippen molar-refractivity contribution in [3.05, 3.63) is 53.3 Å². The van der Waals surface area contributed by atoms with Gasteiger partial charge in [-0.2, -0.15) is 5.10 Å². The fourth-order valence-electron chi connectivity index (χ4n) is 1.99. The third-order valence-corrected chi connectivity index (χ3v) is 2.85. The van der Waals surface area contributed by atoms with Crippen molar-refractivity contribution in [3.8, 4) is 0 Å². The number of aromatic nitrogens is 2. The fraction of sp³-hybridized carbons (Fsp3) is 0.400. The van der Waals surface area contributed by atoms with Gasteiger partial charge in [0.25, 0.3) is 0 Å². The Labute approximate surface area is 109 Å². The Morgan fingerprint density at radius 2 is 2.11 bits per heavy atom. The molecule has 3 heteroatoms. The highest BCUT2D eigenvalue weighted by Gasteiger charge is 1.99. The minimum absolute atomic E-state index is 0.843. The van der Waals surface area contributed by atoms with Crippen molar-refractivity contribution in [2.24, 2.45) is 0 Å². The van der Waals surface area contributed by atoms with E-state index in [4.69, 9.17) is 0 Å². The van der Waals surface area contributed by atoms with Crippen LogP contribution in [0.5, 0.6) is 0 Å². The van der Waals surface area contributed by atoms with E-state index >= 15 is 0 Å². The molecule has 0 saturated heterocycles. The highest BCUT2D eigenvalue weighted by atomic mass is 15.3. The summed E-state index contributed by atoms with van der Waals surface area (Å²) >= 11 is 0. The number of rotatable bonds is 6. The van der Waals surface area contributed by atoms with E-state index in [1.807, 2.05) is 10.9 Å². The summed E-state index contributed by atoms with van der Waals surface area (Å²) in [5, 5.41) is 7.74. The summed E-state index contributed by atoms with van der Waals surface area (Å²) in [6.45, 7) is 7.11. The molecule has 0 fully saturated rings. The van der Waals surface area contributed by atoms with Crippen molar-refractivity contribution in [1.82, 2.24) is 15.1 Å². The Kier molecular flexibility index (Phi) is 4.53. The second-order valence-corrected chi connectivity index (χ2v) is 4.71. The van der Waals surface area contributed by atoms with Gasteiger partial charge in [0, 0.05) is 12.7 Å². The molecule has 96 valence electrons. The van der Waals surface area contributed by atoms with Gasteiger partial charge in [-0.3, -0.25) is 4.68 Å². The zero-order valence-electron chi connectivity index (χ0n) is 11.2. The lowest BCUT2D eigenvalue weighted by molar-refractivity contribution is 0.668. The maximum atomic E-state index is 4.32. The number of aryl methyl sites for hydroxylation is 1. The first-order valence-electron chi connectivity index (χ1n) is 6.55. The molecule has 0 unspecified atom stereocenters. The quantitative estimate of drug-likeness (QED) is 0.791. The summed E-state index contributed by atoms with van der Waals surface area (Å²) in [5.74, 6) is 0. The average Bonchev–Trinajstić information content (AvgIpc) is 2.76. The lowest BCUT2D eigenvalue weighted by Gasteiger charge is -2.06. The van der Waals surface area contributed by atoms with E-state index in [9.17, 15) is 0 Å². The molecule has 2 rings (SSSR count). The van der Waals surface area contributed by atoms with Crippen LogP contribution in [0.2, 0.25) is 0 Å². The Balaban J connectivity index is 1.98. The maximum Gasteiger partial charge on any atom is 0.0659 e. The molecule has 18 heavy (non-hydrogen) atoms. The van der Waals surface area contributed by atoms with Crippen LogP contribution in [0, 0.1) is 6.92 Å². The molecule has 0 amide bonds. The van der Waals surface area contributed by atoms with Gasteiger partial charge in [0.2, 0.25) is 0 Å². The van der Waals surface area contributed by atoms with E-state index in [2.05, 4.69) is 54.7 Å². The lowest BCUT2D eigenvalue weighted by atomic mass is 10.1. The summed E-state index contributed by atoms with van der Waals surface area (Å²) in [7, 11) is 0. The van der Waals surface area contributed by atoms with Crippen molar-refractivity contribution in [2.45, 2.75) is 33.4 Å². The molecular formula is C15H21N3. The van der Waals surface area contributed by atoms with Crippen LogP contribution in [0.3, 0.4) is 0 Å². The van der Waals surface area contributed by atoms with Gasteiger partial charge in [-0.15, -0.1) is 0 Å². The standard InChI is InChI=1S/C15H21N3/c1-3-7-16-10-14-5-4-6-15(8-14)12-18-11-13(2)9-17-18/h4-6,8-9,11,16H,3,7,10,12H2,1-2H3. The third kappa shape index (κ3) is 3.70. The molecule has 1 aromatic heterocycles. The van der Waals surface area contributed by atoms with Gasteiger partial charge in [-0.05, 0) is 36.6 Å². The van der Waals surface area contributed by atoms with Crippen molar-refractivity contribution in [1.29, 1.82) is 0 Å². The fourth-order valence-corrected chi connectivity index (χ4v) is 1.99. The summed E-state index contributed by atoms with van der Waals surface area (Å²) in [4.78, 5) is 0. The van der Waals surface area contributed by atoms with Crippen molar-refractivity contribution < 1.29 is 0 Å². The number of benzene rings is 1. The molecular weight excluding hydrogens is 222 g/mol. The second kappa shape index (κ2) is 6.36. The first-order valence-corrected chi connectivity index (χ1v) is 6.55. The highest BCUT2D eigenvalue weighted by molar-refractivity contribution is 5.23. The molecule has 0 aliphatic heterocycles. The van der Waals surface area contributed by atoms with Crippen molar-refractivity contribution in [2.75, 3.05) is 6.54 Å². The van der Waals surface area contributed by atoms with Crippen LogP contribution < -0.4 is 5.32 Å². The van der Waals surface area contributed by atoms with Gasteiger partial charge in [0.05, 0.1) is 12.7 Å². The van der Waals surface area contributed by atoms with Crippen LogP contribution >= 0.6 is 0 Å². The van der Waals surface area contributed by atoms with Crippen LogP contribution in [0.15, 0.2) is 36.7 Å². The maximum absolute atomic E-state index is 4.32. The zero-order valence-corrected chi connectivity index (χ0v) is 11.2. The first-order chi connectivity index (χ1) is 8.78. The zero-order chi connectivity index (χ0) is 12.8. The molecule has 3 nitrogen and oxygen atoms in total. The highest BCUT2D eigenvalue weighted by Crippen LogP contribution is 2.07. The third-order valence-electron chi connectivity index (χ3n) is 2.85. The second-order valence-electron chi connectivity index (χ2n) is 4.71. The smallest absolute Gasteiger partial charge is 0.0659 e. The van der Waals surface area contributed by atoms with E-state index in [1.165, 1.54) is 23.1 Å². The first kappa shape index (κ1) is 12.8. The molecule has 0 aliphatic carbocycles. The molecule has 0 atom stereocenters. The monoisotopic (exact) mass is 243 g/mol. The van der Waals surface area contributed by atoms with Crippen LogP contribution in [0.1, 0.15) is 30.0 Å². The molecule has 0 aliphatic rings. The Hall–Kier alpha value is -1.61. The predicted molar refractivity (Wildman–Crippen MR) is 74.5 cm³/mol. The van der Waals surface area contributed by atoms with Crippen LogP contribution in [0.25, 0.3) is 0 Å².